The van der Waals surface area contributed by atoms with Gasteiger partial charge in [0.05, 0.1) is 18.3 Å². The summed E-state index contributed by atoms with van der Waals surface area (Å²) in [5.41, 5.74) is 5.27. The first-order valence-corrected chi connectivity index (χ1v) is 10.3. The lowest BCUT2D eigenvalue weighted by atomic mass is 10.0. The van der Waals surface area contributed by atoms with E-state index in [1.165, 1.54) is 40.6 Å². The average Bonchev–Trinajstić information content (AvgIpc) is 3.60. The van der Waals surface area contributed by atoms with Crippen molar-refractivity contribution >= 4 is 16.6 Å². The van der Waals surface area contributed by atoms with Crippen LogP contribution in [0.15, 0.2) is 54.7 Å². The summed E-state index contributed by atoms with van der Waals surface area (Å²) in [6, 6.07) is 17.3. The van der Waals surface area contributed by atoms with E-state index in [9.17, 15) is 0 Å². The van der Waals surface area contributed by atoms with E-state index in [-0.39, 0.29) is 0 Å². The van der Waals surface area contributed by atoms with E-state index in [2.05, 4.69) is 46.2 Å². The minimum absolute atomic E-state index is 0.732. The Labute approximate surface area is 166 Å². The highest BCUT2D eigenvalue weighted by Gasteiger charge is 2.27. The van der Waals surface area contributed by atoms with Crippen molar-refractivity contribution in [2.45, 2.75) is 25.3 Å². The van der Waals surface area contributed by atoms with Crippen molar-refractivity contribution in [1.29, 1.82) is 0 Å². The molecular formula is C24H27N3O. The molecule has 2 heterocycles. The molecule has 4 heteroatoms. The molecule has 1 saturated carbocycles. The maximum atomic E-state index is 5.54. The molecular weight excluding hydrogens is 346 g/mol. The van der Waals surface area contributed by atoms with Gasteiger partial charge in [-0.1, -0.05) is 30.3 Å². The number of hydrogen-bond donors (Lipinski definition) is 0. The molecule has 4 nitrogen and oxygen atoms in total. The van der Waals surface area contributed by atoms with Crippen LogP contribution in [0.4, 0.5) is 5.69 Å². The van der Waals surface area contributed by atoms with E-state index in [4.69, 9.17) is 9.72 Å². The van der Waals surface area contributed by atoms with E-state index in [0.717, 1.165) is 44.4 Å². The Kier molecular flexibility index (Phi) is 4.65. The van der Waals surface area contributed by atoms with E-state index in [0.29, 0.717) is 0 Å². The number of piperazine rings is 1. The van der Waals surface area contributed by atoms with Gasteiger partial charge in [0.25, 0.3) is 0 Å². The van der Waals surface area contributed by atoms with E-state index in [1.54, 1.807) is 7.11 Å². The van der Waals surface area contributed by atoms with Crippen LogP contribution in [0.1, 0.15) is 29.9 Å². The summed E-state index contributed by atoms with van der Waals surface area (Å²) >= 11 is 0. The monoisotopic (exact) mass is 373 g/mol. The second-order valence-electron chi connectivity index (χ2n) is 7.92. The first kappa shape index (κ1) is 17.5. The van der Waals surface area contributed by atoms with Crippen molar-refractivity contribution in [2.75, 3.05) is 38.2 Å². The molecule has 3 aromatic rings. The number of benzene rings is 2. The van der Waals surface area contributed by atoms with Gasteiger partial charge in [0, 0.05) is 44.3 Å². The van der Waals surface area contributed by atoms with E-state index >= 15 is 0 Å². The highest BCUT2D eigenvalue weighted by Crippen LogP contribution is 2.43. The first-order chi connectivity index (χ1) is 13.8. The Hall–Kier alpha value is -2.59. The van der Waals surface area contributed by atoms with Gasteiger partial charge in [-0.25, -0.2) is 0 Å². The van der Waals surface area contributed by atoms with Crippen LogP contribution in [-0.4, -0.2) is 43.2 Å². The first-order valence-electron chi connectivity index (χ1n) is 10.3. The third-order valence-electron chi connectivity index (χ3n) is 6.10. The summed E-state index contributed by atoms with van der Waals surface area (Å²) in [5.74, 6) is 1.69. The van der Waals surface area contributed by atoms with Crippen molar-refractivity contribution in [3.63, 3.8) is 0 Å². The van der Waals surface area contributed by atoms with Crippen LogP contribution in [0.2, 0.25) is 0 Å². The maximum Gasteiger partial charge on any atom is 0.142 e. The van der Waals surface area contributed by atoms with Gasteiger partial charge in [0.2, 0.25) is 0 Å². The molecule has 1 aromatic heterocycles. The molecule has 5 rings (SSSR count). The fourth-order valence-electron chi connectivity index (χ4n) is 4.39. The molecule has 0 amide bonds. The summed E-state index contributed by atoms with van der Waals surface area (Å²) < 4.78 is 5.54. The van der Waals surface area contributed by atoms with E-state index in [1.807, 2.05) is 18.3 Å². The molecule has 2 aromatic carbocycles. The Bertz CT molecular complexity index is 975. The number of nitrogens with zero attached hydrogens (tertiary/aromatic N) is 3. The zero-order valence-electron chi connectivity index (χ0n) is 16.5. The SMILES string of the molecule is COc1ccccc1N1CCN(Cc2ccc(C3CC3)c3ncccc23)CC1. The normalized spacial score (nSPS) is 17.8. The molecule has 0 bridgehead atoms. The predicted octanol–water partition coefficient (Wildman–Crippen LogP) is 4.44. The molecule has 0 spiro atoms. The molecule has 2 aliphatic rings. The number of hydrogen-bond acceptors (Lipinski definition) is 4. The van der Waals surface area contributed by atoms with E-state index < -0.39 is 0 Å². The standard InChI is InChI=1S/C24H27N3O/c1-28-23-7-3-2-6-22(23)27-15-13-26(14-16-27)17-19-10-11-21(18-8-9-18)24-20(19)5-4-12-25-24/h2-7,10-12,18H,8-9,13-17H2,1H3. The largest absolute Gasteiger partial charge is 0.495 e. The summed E-state index contributed by atoms with van der Waals surface area (Å²) in [7, 11) is 1.75. The fraction of sp³-hybridized carbons (Fsp3) is 0.375. The zero-order chi connectivity index (χ0) is 18.9. The summed E-state index contributed by atoms with van der Waals surface area (Å²) in [6.45, 7) is 5.16. The molecule has 0 N–H and O–H groups in total. The number of anilines is 1. The second kappa shape index (κ2) is 7.44. The van der Waals surface area contributed by atoms with Crippen LogP contribution >= 0.6 is 0 Å². The van der Waals surface area contributed by atoms with Crippen molar-refractivity contribution in [2.24, 2.45) is 0 Å². The Morgan fingerprint density at radius 1 is 0.964 bits per heavy atom. The van der Waals surface area contributed by atoms with Gasteiger partial charge in [-0.05, 0) is 48.1 Å². The van der Waals surface area contributed by atoms with Crippen LogP contribution in [0, 0.1) is 0 Å². The van der Waals surface area contributed by atoms with Crippen molar-refractivity contribution in [3.05, 3.63) is 65.9 Å². The molecule has 2 fully saturated rings. The molecule has 144 valence electrons. The van der Waals surface area contributed by atoms with Gasteiger partial charge < -0.3 is 9.64 Å². The maximum absolute atomic E-state index is 5.54. The Morgan fingerprint density at radius 3 is 2.57 bits per heavy atom. The van der Waals surface area contributed by atoms with Crippen molar-refractivity contribution in [1.82, 2.24) is 9.88 Å². The third-order valence-corrected chi connectivity index (χ3v) is 6.10. The highest BCUT2D eigenvalue weighted by atomic mass is 16.5. The topological polar surface area (TPSA) is 28.6 Å². The zero-order valence-corrected chi connectivity index (χ0v) is 16.5. The number of methoxy groups -OCH3 is 1. The quantitative estimate of drug-likeness (QED) is 0.661. The molecule has 1 aliphatic heterocycles. The number of ether oxygens (including phenoxy) is 1. The number of aromatic nitrogens is 1. The van der Waals surface area contributed by atoms with Gasteiger partial charge in [0.1, 0.15) is 5.75 Å². The number of rotatable bonds is 5. The molecule has 1 saturated heterocycles. The molecule has 28 heavy (non-hydrogen) atoms. The van der Waals surface area contributed by atoms with Crippen LogP contribution < -0.4 is 9.64 Å². The second-order valence-corrected chi connectivity index (χ2v) is 7.92. The smallest absolute Gasteiger partial charge is 0.142 e. The van der Waals surface area contributed by atoms with Crippen molar-refractivity contribution in [3.8, 4) is 5.75 Å². The highest BCUT2D eigenvalue weighted by molar-refractivity contribution is 5.85. The molecule has 0 atom stereocenters. The number of para-hydroxylation sites is 2. The minimum Gasteiger partial charge on any atom is -0.495 e. The summed E-state index contributed by atoms with van der Waals surface area (Å²) in [4.78, 5) is 9.72. The summed E-state index contributed by atoms with van der Waals surface area (Å²) in [5, 5.41) is 1.33. The lowest BCUT2D eigenvalue weighted by molar-refractivity contribution is 0.250. The molecule has 0 radical (unpaired) electrons. The Balaban J connectivity index is 1.31. The number of fused-ring (bicyclic) bond motifs is 1. The molecule has 0 unspecified atom stereocenters. The Morgan fingerprint density at radius 2 is 1.79 bits per heavy atom. The fourth-order valence-corrected chi connectivity index (χ4v) is 4.39. The lowest BCUT2D eigenvalue weighted by Crippen LogP contribution is -2.46. The minimum atomic E-state index is 0.732. The van der Waals surface area contributed by atoms with Gasteiger partial charge in [-0.3, -0.25) is 9.88 Å². The lowest BCUT2D eigenvalue weighted by Gasteiger charge is -2.36. The van der Waals surface area contributed by atoms with Gasteiger partial charge >= 0.3 is 0 Å². The van der Waals surface area contributed by atoms with Gasteiger partial charge in [-0.15, -0.1) is 0 Å². The molecule has 1 aliphatic carbocycles. The van der Waals surface area contributed by atoms with Crippen LogP contribution in [0.5, 0.6) is 5.75 Å². The van der Waals surface area contributed by atoms with Crippen LogP contribution in [0.25, 0.3) is 10.9 Å². The average molecular weight is 374 g/mol. The van der Waals surface area contributed by atoms with Crippen LogP contribution in [-0.2, 0) is 6.54 Å². The predicted molar refractivity (Wildman–Crippen MR) is 114 cm³/mol. The van der Waals surface area contributed by atoms with Gasteiger partial charge in [-0.2, -0.15) is 0 Å². The van der Waals surface area contributed by atoms with Crippen LogP contribution in [0.3, 0.4) is 0 Å². The number of pyridine rings is 1. The van der Waals surface area contributed by atoms with Gasteiger partial charge in [0.15, 0.2) is 0 Å². The van der Waals surface area contributed by atoms with Crippen molar-refractivity contribution < 1.29 is 4.74 Å². The summed E-state index contributed by atoms with van der Waals surface area (Å²) in [6.07, 6.45) is 4.57. The third kappa shape index (κ3) is 3.33.